The first-order valence-electron chi connectivity index (χ1n) is 6.91. The van der Waals surface area contributed by atoms with Gasteiger partial charge in [0.15, 0.2) is 0 Å². The molecule has 0 spiro atoms. The molecule has 0 aromatic heterocycles. The molecular weight excluding hydrogens is 429 g/mol. The molecule has 0 bridgehead atoms. The van der Waals surface area contributed by atoms with Gasteiger partial charge in [-0.3, -0.25) is 4.79 Å². The Balaban J connectivity index is 1.82. The minimum atomic E-state index is -0.210. The lowest BCUT2D eigenvalue weighted by molar-refractivity contribution is -0.115. The average Bonchev–Trinajstić information content (AvgIpc) is 2.83. The topological polar surface area (TPSA) is 29.1 Å². The molecule has 3 rings (SSSR count). The van der Waals surface area contributed by atoms with Crippen LogP contribution in [-0.4, -0.2) is 10.2 Å². The molecule has 0 atom stereocenters. The summed E-state index contributed by atoms with van der Waals surface area (Å²) in [6, 6.07) is 11.0. The van der Waals surface area contributed by atoms with Crippen molar-refractivity contribution in [3.8, 4) is 0 Å². The minimum Gasteiger partial charge on any atom is -0.307 e. The lowest BCUT2D eigenvalue weighted by Crippen LogP contribution is -2.17. The fourth-order valence-corrected chi connectivity index (χ4v) is 4.55. The van der Waals surface area contributed by atoms with Gasteiger partial charge in [0.1, 0.15) is 10.1 Å². The van der Waals surface area contributed by atoms with Gasteiger partial charge in [-0.05, 0) is 64.3 Å². The van der Waals surface area contributed by atoms with Gasteiger partial charge in [0.05, 0.1) is 4.91 Å². The van der Waals surface area contributed by atoms with E-state index in [1.807, 2.05) is 24.3 Å². The molecule has 0 aliphatic carbocycles. The molecule has 24 heavy (non-hydrogen) atoms. The number of amides is 1. The molecule has 1 N–H and O–H groups in total. The fourth-order valence-electron chi connectivity index (χ4n) is 2.03. The Hall–Kier alpha value is -1.15. The number of halogens is 2. The van der Waals surface area contributed by atoms with Crippen LogP contribution in [0.1, 0.15) is 11.1 Å². The third-order valence-electron chi connectivity index (χ3n) is 3.27. The zero-order chi connectivity index (χ0) is 17.3. The van der Waals surface area contributed by atoms with Crippen molar-refractivity contribution in [3.63, 3.8) is 0 Å². The number of hydrogen-bond donors (Lipinski definition) is 1. The van der Waals surface area contributed by atoms with Gasteiger partial charge in [0, 0.05) is 14.3 Å². The van der Waals surface area contributed by atoms with E-state index in [0.717, 1.165) is 19.8 Å². The Kier molecular flexibility index (Phi) is 5.44. The number of aryl methyl sites for hydroxylation is 1. The maximum atomic E-state index is 13.7. The van der Waals surface area contributed by atoms with E-state index in [1.54, 1.807) is 19.1 Å². The van der Waals surface area contributed by atoms with E-state index in [2.05, 4.69) is 21.2 Å². The first-order chi connectivity index (χ1) is 11.4. The minimum absolute atomic E-state index is 0.172. The number of hydrogen-bond acceptors (Lipinski definition) is 4. The standard InChI is InChI=1S/C17H11BrFNOS3/c1-9-2-4-11(8-13(9)19)23-14-5-3-10(6-12(14)18)7-15-16(21)20-17(22)24-15/h2-8H,1H3,(H,20,21,22)/b15-7-. The molecule has 7 heteroatoms. The van der Waals surface area contributed by atoms with Gasteiger partial charge in [-0.25, -0.2) is 4.39 Å². The van der Waals surface area contributed by atoms with Crippen LogP contribution >= 0.6 is 51.7 Å². The van der Waals surface area contributed by atoms with Crippen molar-refractivity contribution in [2.75, 3.05) is 0 Å². The zero-order valence-electron chi connectivity index (χ0n) is 12.4. The van der Waals surface area contributed by atoms with E-state index < -0.39 is 0 Å². The molecule has 2 aromatic carbocycles. The van der Waals surface area contributed by atoms with Crippen LogP contribution in [0.5, 0.6) is 0 Å². The molecule has 2 nitrogen and oxygen atoms in total. The summed E-state index contributed by atoms with van der Waals surface area (Å²) in [6.45, 7) is 1.74. The molecule has 2 aromatic rings. The molecule has 1 heterocycles. The van der Waals surface area contributed by atoms with E-state index in [0.29, 0.717) is 14.8 Å². The third-order valence-corrected chi connectivity index (χ3v) is 6.41. The smallest absolute Gasteiger partial charge is 0.263 e. The third kappa shape index (κ3) is 4.08. The van der Waals surface area contributed by atoms with E-state index in [-0.39, 0.29) is 11.7 Å². The van der Waals surface area contributed by atoms with Crippen LogP contribution in [0.2, 0.25) is 0 Å². The zero-order valence-corrected chi connectivity index (χ0v) is 16.5. The van der Waals surface area contributed by atoms with Crippen molar-refractivity contribution >= 4 is 68.0 Å². The van der Waals surface area contributed by atoms with E-state index in [9.17, 15) is 9.18 Å². The molecule has 122 valence electrons. The predicted octanol–water partition coefficient (Wildman–Crippen LogP) is 5.54. The van der Waals surface area contributed by atoms with Crippen LogP contribution in [-0.2, 0) is 4.79 Å². The highest BCUT2D eigenvalue weighted by Gasteiger charge is 2.21. The number of nitrogens with one attached hydrogen (secondary N) is 1. The van der Waals surface area contributed by atoms with Crippen molar-refractivity contribution in [3.05, 3.63) is 62.7 Å². The summed E-state index contributed by atoms with van der Waals surface area (Å²) in [4.78, 5) is 14.1. The summed E-state index contributed by atoms with van der Waals surface area (Å²) >= 11 is 11.2. The van der Waals surface area contributed by atoms with Gasteiger partial charge in [-0.15, -0.1) is 0 Å². The fraction of sp³-hybridized carbons (Fsp3) is 0.0588. The summed E-state index contributed by atoms with van der Waals surface area (Å²) in [6.07, 6.45) is 1.80. The van der Waals surface area contributed by atoms with Gasteiger partial charge >= 0.3 is 0 Å². The lowest BCUT2D eigenvalue weighted by Gasteiger charge is -2.07. The van der Waals surface area contributed by atoms with Crippen molar-refractivity contribution in [2.45, 2.75) is 16.7 Å². The summed E-state index contributed by atoms with van der Waals surface area (Å²) in [5, 5.41) is 2.59. The van der Waals surface area contributed by atoms with Gasteiger partial charge in [0.25, 0.3) is 5.91 Å². The highest BCUT2D eigenvalue weighted by atomic mass is 79.9. The highest BCUT2D eigenvalue weighted by Crippen LogP contribution is 2.35. The van der Waals surface area contributed by atoms with Crippen LogP contribution in [0.15, 0.2) is 55.6 Å². The number of carbonyl (C=O) groups is 1. The van der Waals surface area contributed by atoms with Crippen molar-refractivity contribution in [1.29, 1.82) is 0 Å². The second kappa shape index (κ2) is 7.39. The maximum absolute atomic E-state index is 13.7. The monoisotopic (exact) mass is 439 g/mol. The average molecular weight is 440 g/mol. The molecule has 0 unspecified atom stereocenters. The first kappa shape index (κ1) is 17.7. The SMILES string of the molecule is Cc1ccc(Sc2ccc(/C=C3\SC(=S)NC3=O)cc2Br)cc1F. The van der Waals surface area contributed by atoms with Gasteiger partial charge in [0.2, 0.25) is 0 Å². The highest BCUT2D eigenvalue weighted by molar-refractivity contribution is 9.10. The number of thioether (sulfide) groups is 1. The van der Waals surface area contributed by atoms with Crippen molar-refractivity contribution < 1.29 is 9.18 Å². The molecule has 1 saturated heterocycles. The van der Waals surface area contributed by atoms with Crippen LogP contribution in [0.4, 0.5) is 4.39 Å². The quantitative estimate of drug-likeness (QED) is 0.502. The normalized spacial score (nSPS) is 15.9. The van der Waals surface area contributed by atoms with E-state index in [4.69, 9.17) is 12.2 Å². The van der Waals surface area contributed by atoms with Crippen molar-refractivity contribution in [1.82, 2.24) is 5.32 Å². The van der Waals surface area contributed by atoms with Crippen LogP contribution in [0, 0.1) is 12.7 Å². The summed E-state index contributed by atoms with van der Waals surface area (Å²) < 4.78 is 15.0. The molecule has 1 amide bonds. The van der Waals surface area contributed by atoms with Crippen molar-refractivity contribution in [2.24, 2.45) is 0 Å². The van der Waals surface area contributed by atoms with Crippen LogP contribution in [0.25, 0.3) is 6.08 Å². The molecule has 1 fully saturated rings. The summed E-state index contributed by atoms with van der Waals surface area (Å²) in [5.74, 6) is -0.382. The second-order valence-electron chi connectivity index (χ2n) is 5.06. The molecule has 1 aliphatic heterocycles. The van der Waals surface area contributed by atoms with Gasteiger partial charge in [-0.2, -0.15) is 0 Å². The first-order valence-corrected chi connectivity index (χ1v) is 9.74. The predicted molar refractivity (Wildman–Crippen MR) is 106 cm³/mol. The molecule has 1 aliphatic rings. The largest absolute Gasteiger partial charge is 0.307 e. The number of rotatable bonds is 3. The van der Waals surface area contributed by atoms with E-state index >= 15 is 0 Å². The van der Waals surface area contributed by atoms with Crippen LogP contribution in [0.3, 0.4) is 0 Å². The number of benzene rings is 2. The van der Waals surface area contributed by atoms with Crippen LogP contribution < -0.4 is 5.32 Å². The lowest BCUT2D eigenvalue weighted by atomic mass is 10.2. The molecular formula is C17H11BrFNOS3. The Morgan fingerprint density at radius 3 is 2.71 bits per heavy atom. The molecule has 0 radical (unpaired) electrons. The maximum Gasteiger partial charge on any atom is 0.263 e. The molecule has 0 saturated carbocycles. The Bertz CT molecular complexity index is 882. The summed E-state index contributed by atoms with van der Waals surface area (Å²) in [5.41, 5.74) is 1.52. The van der Waals surface area contributed by atoms with Gasteiger partial charge in [-0.1, -0.05) is 47.9 Å². The second-order valence-corrected chi connectivity index (χ2v) is 8.74. The summed E-state index contributed by atoms with van der Waals surface area (Å²) in [7, 11) is 0. The Morgan fingerprint density at radius 1 is 1.29 bits per heavy atom. The number of thiocarbonyl (C=S) groups is 1. The number of carbonyl (C=O) groups excluding carboxylic acids is 1. The Morgan fingerprint density at radius 2 is 2.08 bits per heavy atom. The van der Waals surface area contributed by atoms with Gasteiger partial charge < -0.3 is 5.32 Å². The van der Waals surface area contributed by atoms with E-state index in [1.165, 1.54) is 29.6 Å². The Labute approximate surface area is 161 Å².